The van der Waals surface area contributed by atoms with E-state index in [1.165, 1.54) is 5.56 Å². The van der Waals surface area contributed by atoms with Crippen LogP contribution < -0.4 is 0 Å². The summed E-state index contributed by atoms with van der Waals surface area (Å²) < 4.78 is 1.06. The number of hydrogen-bond donors (Lipinski definition) is 1. The van der Waals surface area contributed by atoms with Crippen LogP contribution in [0.1, 0.15) is 15.9 Å². The zero-order valence-corrected chi connectivity index (χ0v) is 8.61. The molecule has 2 nitrogen and oxygen atoms in total. The summed E-state index contributed by atoms with van der Waals surface area (Å²) in [4.78, 5) is 10.5. The van der Waals surface area contributed by atoms with Crippen molar-refractivity contribution in [3.05, 3.63) is 35.4 Å². The van der Waals surface area contributed by atoms with E-state index in [2.05, 4.69) is 22.6 Å². The molecular weight excluding hydrogens is 267 g/mol. The van der Waals surface area contributed by atoms with Crippen LogP contribution in [-0.2, 0) is 6.42 Å². The number of rotatable bonds is 3. The van der Waals surface area contributed by atoms with Gasteiger partial charge in [0.15, 0.2) is 0 Å². The Bertz CT molecular complexity index is 266. The Morgan fingerprint density at radius 2 is 1.92 bits per heavy atom. The van der Waals surface area contributed by atoms with Crippen molar-refractivity contribution in [2.75, 3.05) is 4.43 Å². The third kappa shape index (κ3) is 2.48. The number of carboxylic acid groups (broad SMARTS) is 1. The van der Waals surface area contributed by atoms with Gasteiger partial charge in [0, 0.05) is 4.43 Å². The van der Waals surface area contributed by atoms with Gasteiger partial charge in [0.05, 0.1) is 5.56 Å². The lowest BCUT2D eigenvalue weighted by atomic mass is 10.1. The third-order valence-electron chi connectivity index (χ3n) is 1.58. The minimum absolute atomic E-state index is 0.354. The molecule has 0 atom stereocenters. The fourth-order valence-corrected chi connectivity index (χ4v) is 1.55. The molecule has 0 aliphatic rings. The van der Waals surface area contributed by atoms with Gasteiger partial charge in [0.25, 0.3) is 0 Å². The second-order valence-corrected chi connectivity index (χ2v) is 3.52. The molecule has 0 bridgehead atoms. The molecule has 1 aromatic carbocycles. The van der Waals surface area contributed by atoms with Crippen molar-refractivity contribution in [3.8, 4) is 0 Å². The van der Waals surface area contributed by atoms with Crippen LogP contribution >= 0.6 is 22.6 Å². The maximum Gasteiger partial charge on any atom is 0.335 e. The summed E-state index contributed by atoms with van der Waals surface area (Å²) in [5.41, 5.74) is 1.54. The fourth-order valence-electron chi connectivity index (χ4n) is 0.923. The summed E-state index contributed by atoms with van der Waals surface area (Å²) in [5.74, 6) is -0.865. The van der Waals surface area contributed by atoms with Gasteiger partial charge in [-0.1, -0.05) is 34.7 Å². The maximum absolute atomic E-state index is 10.5. The average Bonchev–Trinajstić information content (AvgIpc) is 2.06. The highest BCUT2D eigenvalue weighted by atomic mass is 127. The zero-order valence-electron chi connectivity index (χ0n) is 6.46. The van der Waals surface area contributed by atoms with Crippen molar-refractivity contribution in [2.24, 2.45) is 0 Å². The molecule has 1 N–H and O–H groups in total. The number of halogens is 1. The van der Waals surface area contributed by atoms with Crippen molar-refractivity contribution in [3.63, 3.8) is 0 Å². The molecule has 0 spiro atoms. The van der Waals surface area contributed by atoms with Gasteiger partial charge in [-0.2, -0.15) is 0 Å². The first-order chi connectivity index (χ1) is 5.74. The molecule has 0 unspecified atom stereocenters. The molecule has 12 heavy (non-hydrogen) atoms. The first-order valence-electron chi connectivity index (χ1n) is 3.62. The molecule has 64 valence electrons. The first kappa shape index (κ1) is 9.51. The van der Waals surface area contributed by atoms with Gasteiger partial charge >= 0.3 is 5.97 Å². The monoisotopic (exact) mass is 276 g/mol. The van der Waals surface area contributed by atoms with Crippen LogP contribution in [0.3, 0.4) is 0 Å². The number of aromatic carboxylic acids is 1. The van der Waals surface area contributed by atoms with Crippen LogP contribution in [0.2, 0.25) is 0 Å². The van der Waals surface area contributed by atoms with Gasteiger partial charge < -0.3 is 5.11 Å². The summed E-state index contributed by atoms with van der Waals surface area (Å²) in [7, 11) is 0. The molecule has 1 aromatic rings. The Hall–Kier alpha value is -0.580. The third-order valence-corrected chi connectivity index (χ3v) is 2.12. The van der Waals surface area contributed by atoms with Crippen molar-refractivity contribution in [1.29, 1.82) is 0 Å². The highest BCUT2D eigenvalue weighted by molar-refractivity contribution is 14.1. The summed E-state index contributed by atoms with van der Waals surface area (Å²) in [5, 5.41) is 8.60. The molecule has 0 heterocycles. The van der Waals surface area contributed by atoms with Crippen molar-refractivity contribution >= 4 is 28.6 Å². The first-order valence-corrected chi connectivity index (χ1v) is 5.15. The number of benzene rings is 1. The van der Waals surface area contributed by atoms with Gasteiger partial charge in [-0.05, 0) is 24.1 Å². The lowest BCUT2D eigenvalue weighted by Gasteiger charge is -1.97. The quantitative estimate of drug-likeness (QED) is 0.679. The molecule has 3 heteroatoms. The minimum atomic E-state index is -0.865. The van der Waals surface area contributed by atoms with E-state index < -0.39 is 5.97 Å². The van der Waals surface area contributed by atoms with Crippen LogP contribution in [0.25, 0.3) is 0 Å². The van der Waals surface area contributed by atoms with Gasteiger partial charge in [0.1, 0.15) is 0 Å². The number of alkyl halides is 1. The largest absolute Gasteiger partial charge is 0.478 e. The topological polar surface area (TPSA) is 37.3 Å². The van der Waals surface area contributed by atoms with Crippen LogP contribution in [0.4, 0.5) is 0 Å². The van der Waals surface area contributed by atoms with Crippen LogP contribution in [-0.4, -0.2) is 15.5 Å². The smallest absolute Gasteiger partial charge is 0.335 e. The van der Waals surface area contributed by atoms with Gasteiger partial charge in [0.2, 0.25) is 0 Å². The number of carboxylic acids is 1. The lowest BCUT2D eigenvalue weighted by molar-refractivity contribution is 0.0697. The van der Waals surface area contributed by atoms with Gasteiger partial charge in [-0.15, -0.1) is 0 Å². The number of carbonyl (C=O) groups is 1. The summed E-state index contributed by atoms with van der Waals surface area (Å²) in [6, 6.07) is 7.01. The summed E-state index contributed by atoms with van der Waals surface area (Å²) >= 11 is 2.30. The van der Waals surface area contributed by atoms with Gasteiger partial charge in [-0.25, -0.2) is 4.79 Å². The van der Waals surface area contributed by atoms with Crippen LogP contribution in [0.15, 0.2) is 24.3 Å². The van der Waals surface area contributed by atoms with E-state index in [0.717, 1.165) is 10.8 Å². The minimum Gasteiger partial charge on any atom is -0.478 e. The van der Waals surface area contributed by atoms with Crippen molar-refractivity contribution in [1.82, 2.24) is 0 Å². The Morgan fingerprint density at radius 3 is 2.33 bits per heavy atom. The second-order valence-electron chi connectivity index (χ2n) is 2.44. The van der Waals surface area contributed by atoms with Gasteiger partial charge in [-0.3, -0.25) is 0 Å². The van der Waals surface area contributed by atoms with E-state index in [1.807, 2.05) is 12.1 Å². The fraction of sp³-hybridized carbons (Fsp3) is 0.222. The Kier molecular flexibility index (Phi) is 3.52. The molecule has 0 saturated carbocycles. The summed E-state index contributed by atoms with van der Waals surface area (Å²) in [6.45, 7) is 0. The van der Waals surface area contributed by atoms with Crippen LogP contribution in [0, 0.1) is 0 Å². The molecule has 0 fully saturated rings. The molecule has 0 saturated heterocycles. The molecule has 1 rings (SSSR count). The van der Waals surface area contributed by atoms with Crippen molar-refractivity contribution in [2.45, 2.75) is 6.42 Å². The van der Waals surface area contributed by atoms with E-state index >= 15 is 0 Å². The maximum atomic E-state index is 10.5. The summed E-state index contributed by atoms with van der Waals surface area (Å²) in [6.07, 6.45) is 1.00. The number of hydrogen-bond acceptors (Lipinski definition) is 1. The normalized spacial score (nSPS) is 9.75. The molecule has 0 aliphatic carbocycles. The predicted octanol–water partition coefficient (Wildman–Crippen LogP) is 2.36. The molecule has 0 amide bonds. The second kappa shape index (κ2) is 4.45. The van der Waals surface area contributed by atoms with Crippen molar-refractivity contribution < 1.29 is 9.90 Å². The molecule has 0 radical (unpaired) electrons. The van der Waals surface area contributed by atoms with Crippen LogP contribution in [0.5, 0.6) is 0 Å². The Balaban J connectivity index is 2.78. The highest BCUT2D eigenvalue weighted by Gasteiger charge is 2.00. The zero-order chi connectivity index (χ0) is 8.97. The Morgan fingerprint density at radius 1 is 1.33 bits per heavy atom. The lowest BCUT2D eigenvalue weighted by Crippen LogP contribution is -1.96. The number of aryl methyl sites for hydroxylation is 1. The van der Waals surface area contributed by atoms with E-state index in [9.17, 15) is 4.79 Å². The standard InChI is InChI=1S/C9H9IO2/c10-6-5-7-1-3-8(4-2-7)9(11)12/h1-4H,5-6H2,(H,11,12). The average molecular weight is 276 g/mol. The van der Waals surface area contributed by atoms with E-state index in [0.29, 0.717) is 5.56 Å². The SMILES string of the molecule is O=C(O)c1ccc(CCI)cc1. The van der Waals surface area contributed by atoms with E-state index in [1.54, 1.807) is 12.1 Å². The molecule has 0 aliphatic heterocycles. The molecular formula is C9H9IO2. The molecule has 0 aromatic heterocycles. The predicted molar refractivity (Wildman–Crippen MR) is 56.0 cm³/mol. The van der Waals surface area contributed by atoms with E-state index in [4.69, 9.17) is 5.11 Å². The Labute approximate surface area is 84.7 Å². The highest BCUT2D eigenvalue weighted by Crippen LogP contribution is 2.06. The van der Waals surface area contributed by atoms with E-state index in [-0.39, 0.29) is 0 Å².